The summed E-state index contributed by atoms with van der Waals surface area (Å²) in [6.45, 7) is 6.25. The summed E-state index contributed by atoms with van der Waals surface area (Å²) in [5, 5.41) is 0.843. The number of hydrogen-bond donors (Lipinski definition) is 0. The molecule has 0 unspecified atom stereocenters. The molecule has 2 heterocycles. The van der Waals surface area contributed by atoms with Gasteiger partial charge in [0.25, 0.3) is 5.91 Å². The van der Waals surface area contributed by atoms with Crippen molar-refractivity contribution < 1.29 is 14.3 Å². The third kappa shape index (κ3) is 5.26. The maximum absolute atomic E-state index is 12.9. The van der Waals surface area contributed by atoms with Gasteiger partial charge in [-0.25, -0.2) is 0 Å². The molecule has 0 spiro atoms. The quantitative estimate of drug-likeness (QED) is 0.676. The van der Waals surface area contributed by atoms with E-state index in [0.29, 0.717) is 35.3 Å². The number of halogens is 2. The van der Waals surface area contributed by atoms with Crippen LogP contribution in [-0.4, -0.2) is 81.3 Å². The summed E-state index contributed by atoms with van der Waals surface area (Å²) in [6.07, 6.45) is -0.00159. The van der Waals surface area contributed by atoms with Gasteiger partial charge in [0, 0.05) is 51.4 Å². The summed E-state index contributed by atoms with van der Waals surface area (Å²) in [5.74, 6) is 0.871. The number of nitrogens with zero attached hydrogens (tertiary/aromatic N) is 3. The zero-order valence-corrected chi connectivity index (χ0v) is 19.1. The van der Waals surface area contributed by atoms with E-state index in [4.69, 9.17) is 32.7 Å². The first-order valence-electron chi connectivity index (χ1n) is 10.5. The zero-order valence-electron chi connectivity index (χ0n) is 17.6. The van der Waals surface area contributed by atoms with Crippen molar-refractivity contribution in [3.05, 3.63) is 58.1 Å². The van der Waals surface area contributed by atoms with Crippen LogP contribution in [0.2, 0.25) is 10.0 Å². The van der Waals surface area contributed by atoms with E-state index in [-0.39, 0.29) is 12.0 Å². The van der Waals surface area contributed by atoms with Crippen molar-refractivity contribution >= 4 is 34.8 Å². The van der Waals surface area contributed by atoms with Crippen molar-refractivity contribution in [2.75, 3.05) is 64.4 Å². The van der Waals surface area contributed by atoms with Crippen LogP contribution in [-0.2, 0) is 4.74 Å². The summed E-state index contributed by atoms with van der Waals surface area (Å²) in [6, 6.07) is 13.1. The molecule has 0 aliphatic carbocycles. The number of carbonyl (C=O) groups excluding carboxylic acids is 1. The average molecular weight is 464 g/mol. The predicted octanol–water partition coefficient (Wildman–Crippen LogP) is 3.67. The molecule has 2 aliphatic heterocycles. The number of morpholine rings is 1. The molecular formula is C23H27Cl2N3O3. The molecule has 0 saturated carbocycles. The highest BCUT2D eigenvalue weighted by Crippen LogP contribution is 2.28. The normalized spacial score (nSPS) is 20.0. The molecule has 2 aliphatic rings. The fraction of sp³-hybridized carbons (Fsp3) is 0.435. The average Bonchev–Trinajstić information content (AvgIpc) is 2.81. The first-order valence-corrected chi connectivity index (χ1v) is 11.3. The number of carbonyl (C=O) groups is 1. The van der Waals surface area contributed by atoms with Crippen LogP contribution in [0.3, 0.4) is 0 Å². The van der Waals surface area contributed by atoms with Gasteiger partial charge in [0.15, 0.2) is 0 Å². The van der Waals surface area contributed by atoms with Gasteiger partial charge in [0.2, 0.25) is 0 Å². The second-order valence-corrected chi connectivity index (χ2v) is 8.65. The topological polar surface area (TPSA) is 45.2 Å². The number of piperazine rings is 1. The summed E-state index contributed by atoms with van der Waals surface area (Å²) in [7, 11) is 1.71. The molecule has 0 aromatic heterocycles. The Labute approximate surface area is 193 Å². The van der Waals surface area contributed by atoms with Crippen molar-refractivity contribution in [1.82, 2.24) is 9.80 Å². The molecule has 1 amide bonds. The number of methoxy groups -OCH3 is 1. The second kappa shape index (κ2) is 10.1. The Morgan fingerprint density at radius 3 is 2.58 bits per heavy atom. The minimum absolute atomic E-state index is 0.00159. The van der Waals surface area contributed by atoms with Crippen molar-refractivity contribution in [3.63, 3.8) is 0 Å². The summed E-state index contributed by atoms with van der Waals surface area (Å²) in [5.41, 5.74) is 1.69. The highest BCUT2D eigenvalue weighted by atomic mass is 35.5. The van der Waals surface area contributed by atoms with Crippen LogP contribution in [0.15, 0.2) is 42.5 Å². The third-order valence-electron chi connectivity index (χ3n) is 5.85. The van der Waals surface area contributed by atoms with Crippen LogP contribution < -0.4 is 9.64 Å². The van der Waals surface area contributed by atoms with Crippen LogP contribution in [0.4, 0.5) is 5.69 Å². The Morgan fingerprint density at radius 2 is 1.84 bits per heavy atom. The fourth-order valence-electron chi connectivity index (χ4n) is 4.18. The fourth-order valence-corrected chi connectivity index (χ4v) is 4.47. The van der Waals surface area contributed by atoms with Crippen LogP contribution in [0, 0.1) is 0 Å². The maximum atomic E-state index is 12.9. The number of rotatable bonds is 5. The first kappa shape index (κ1) is 22.2. The number of amides is 1. The Bertz CT molecular complexity index is 919. The van der Waals surface area contributed by atoms with Crippen molar-refractivity contribution in [1.29, 1.82) is 0 Å². The summed E-state index contributed by atoms with van der Waals surface area (Å²) in [4.78, 5) is 19.5. The minimum Gasteiger partial charge on any atom is -0.495 e. The molecule has 2 aromatic carbocycles. The van der Waals surface area contributed by atoms with Gasteiger partial charge in [-0.15, -0.1) is 0 Å². The molecule has 0 radical (unpaired) electrons. The Balaban J connectivity index is 1.31. The number of anilines is 1. The lowest BCUT2D eigenvalue weighted by Crippen LogP contribution is -2.53. The second-order valence-electron chi connectivity index (χ2n) is 7.83. The van der Waals surface area contributed by atoms with Crippen LogP contribution in [0.1, 0.15) is 10.4 Å². The van der Waals surface area contributed by atoms with Crippen molar-refractivity contribution in [2.24, 2.45) is 0 Å². The molecule has 4 rings (SSSR count). The summed E-state index contributed by atoms with van der Waals surface area (Å²) < 4.78 is 11.5. The van der Waals surface area contributed by atoms with E-state index in [2.05, 4.69) is 15.9 Å². The first-order chi connectivity index (χ1) is 15.0. The molecule has 0 N–H and O–H groups in total. The molecule has 166 valence electrons. The van der Waals surface area contributed by atoms with Crippen molar-refractivity contribution in [3.8, 4) is 5.75 Å². The van der Waals surface area contributed by atoms with E-state index in [1.807, 2.05) is 23.1 Å². The van der Waals surface area contributed by atoms with Gasteiger partial charge < -0.3 is 19.3 Å². The number of ether oxygens (including phenoxy) is 2. The third-order valence-corrected chi connectivity index (χ3v) is 6.59. The summed E-state index contributed by atoms with van der Waals surface area (Å²) >= 11 is 12.1. The van der Waals surface area contributed by atoms with Crippen molar-refractivity contribution in [2.45, 2.75) is 6.10 Å². The van der Waals surface area contributed by atoms with Gasteiger partial charge in [-0.3, -0.25) is 9.69 Å². The molecule has 2 fully saturated rings. The Hall–Kier alpha value is -1.99. The molecule has 31 heavy (non-hydrogen) atoms. The van der Waals surface area contributed by atoms with Gasteiger partial charge in [0.05, 0.1) is 35.6 Å². The molecule has 0 bridgehead atoms. The van der Waals surface area contributed by atoms with Gasteiger partial charge in [-0.1, -0.05) is 35.3 Å². The number of hydrogen-bond acceptors (Lipinski definition) is 5. The highest BCUT2D eigenvalue weighted by molar-refractivity contribution is 6.42. The number of para-hydroxylation sites is 2. The number of benzene rings is 2. The van der Waals surface area contributed by atoms with Crippen LogP contribution in [0.5, 0.6) is 5.75 Å². The highest BCUT2D eigenvalue weighted by Gasteiger charge is 2.28. The largest absolute Gasteiger partial charge is 0.495 e. The smallest absolute Gasteiger partial charge is 0.254 e. The van der Waals surface area contributed by atoms with E-state index in [1.54, 1.807) is 25.3 Å². The van der Waals surface area contributed by atoms with E-state index in [0.717, 1.165) is 44.2 Å². The van der Waals surface area contributed by atoms with E-state index >= 15 is 0 Å². The van der Waals surface area contributed by atoms with Gasteiger partial charge in [-0.05, 0) is 30.3 Å². The molecule has 1 atom stereocenters. The predicted molar refractivity (Wildman–Crippen MR) is 124 cm³/mol. The monoisotopic (exact) mass is 463 g/mol. The lowest BCUT2D eigenvalue weighted by molar-refractivity contribution is -0.0363. The van der Waals surface area contributed by atoms with E-state index < -0.39 is 0 Å². The van der Waals surface area contributed by atoms with E-state index in [1.165, 1.54) is 0 Å². The zero-order chi connectivity index (χ0) is 21.8. The Morgan fingerprint density at radius 1 is 1.06 bits per heavy atom. The molecule has 2 aromatic rings. The SMILES string of the molecule is COc1ccccc1N1CCN(C[C@@H]2CN(C(=O)c3ccc(Cl)c(Cl)c3)CCO2)CC1. The molecular weight excluding hydrogens is 437 g/mol. The minimum atomic E-state index is -0.0344. The van der Waals surface area contributed by atoms with Gasteiger partial charge >= 0.3 is 0 Å². The Kier molecular flexibility index (Phi) is 7.23. The standard InChI is InChI=1S/C23H27Cl2N3O3/c1-30-22-5-3-2-4-21(22)27-10-8-26(9-11-27)15-18-16-28(12-13-31-18)23(29)17-6-7-19(24)20(25)14-17/h2-7,14,18H,8-13,15-16H2,1H3/t18-/m1/s1. The van der Waals surface area contributed by atoms with Crippen LogP contribution in [0.25, 0.3) is 0 Å². The molecule has 8 heteroatoms. The van der Waals surface area contributed by atoms with Crippen LogP contribution >= 0.6 is 23.2 Å². The van der Waals surface area contributed by atoms with Gasteiger partial charge in [-0.2, -0.15) is 0 Å². The maximum Gasteiger partial charge on any atom is 0.254 e. The molecule has 6 nitrogen and oxygen atoms in total. The lowest BCUT2D eigenvalue weighted by Gasteiger charge is -2.40. The van der Waals surface area contributed by atoms with Gasteiger partial charge in [0.1, 0.15) is 5.75 Å². The van der Waals surface area contributed by atoms with E-state index in [9.17, 15) is 4.79 Å². The lowest BCUT2D eigenvalue weighted by atomic mass is 10.1. The molecule has 2 saturated heterocycles.